The molecule has 0 amide bonds. The Labute approximate surface area is 195 Å². The van der Waals surface area contributed by atoms with Gasteiger partial charge in [0.2, 0.25) is 5.95 Å². The molecular weight excluding hydrogens is 438 g/mol. The summed E-state index contributed by atoms with van der Waals surface area (Å²) in [5.41, 5.74) is 6.67. The Hall–Kier alpha value is -2.49. The molecular formula is C23H25N7S2. The third kappa shape index (κ3) is 3.58. The summed E-state index contributed by atoms with van der Waals surface area (Å²) in [5.74, 6) is 0.703. The lowest BCUT2D eigenvalue weighted by Crippen LogP contribution is -2.54. The van der Waals surface area contributed by atoms with Crippen LogP contribution in [0.3, 0.4) is 0 Å². The maximum atomic E-state index is 4.70. The van der Waals surface area contributed by atoms with Crippen LogP contribution in [0.2, 0.25) is 0 Å². The summed E-state index contributed by atoms with van der Waals surface area (Å²) >= 11 is 3.27. The predicted octanol–water partition coefficient (Wildman–Crippen LogP) is 4.69. The molecule has 0 spiro atoms. The predicted molar refractivity (Wildman–Crippen MR) is 130 cm³/mol. The Morgan fingerprint density at radius 1 is 1.00 bits per heavy atom. The minimum absolute atomic E-state index is 0.466. The van der Waals surface area contributed by atoms with Gasteiger partial charge in [-0.05, 0) is 38.7 Å². The van der Waals surface area contributed by atoms with Crippen LogP contribution in [-0.2, 0) is 0 Å². The van der Waals surface area contributed by atoms with Crippen molar-refractivity contribution in [2.24, 2.45) is 0 Å². The van der Waals surface area contributed by atoms with Crippen molar-refractivity contribution in [2.45, 2.75) is 57.2 Å². The molecule has 2 bridgehead atoms. The summed E-state index contributed by atoms with van der Waals surface area (Å²) in [6, 6.07) is 5.89. The fourth-order valence-electron chi connectivity index (χ4n) is 5.12. The molecule has 4 aromatic rings. The number of piperidine rings is 2. The molecule has 32 heavy (non-hydrogen) atoms. The molecule has 2 fully saturated rings. The molecule has 3 aromatic heterocycles. The van der Waals surface area contributed by atoms with Gasteiger partial charge in [0.1, 0.15) is 5.69 Å². The van der Waals surface area contributed by atoms with Crippen LogP contribution >= 0.6 is 22.7 Å². The molecule has 1 N–H and O–H groups in total. The number of nitrogens with one attached hydrogen (secondary N) is 1. The van der Waals surface area contributed by atoms with Gasteiger partial charge in [-0.2, -0.15) is 0 Å². The van der Waals surface area contributed by atoms with E-state index in [9.17, 15) is 0 Å². The van der Waals surface area contributed by atoms with E-state index in [1.54, 1.807) is 22.7 Å². The number of thiazole rings is 2. The first-order valence-electron chi connectivity index (χ1n) is 11.1. The highest BCUT2D eigenvalue weighted by molar-refractivity contribution is 7.17. The third-order valence-corrected chi connectivity index (χ3v) is 8.39. The number of hydrogen-bond acceptors (Lipinski definition) is 9. The fourth-order valence-corrected chi connectivity index (χ4v) is 6.57. The SMILES string of the molecule is Cc1nc(-c2ccc(-c3cnc(N(C)C4C[C@@H]5CCC[C@@H](C4)N5)nn3)c3scnc23)cs1. The fraction of sp³-hybridized carbons (Fsp3) is 0.435. The Balaban J connectivity index is 1.28. The standard InChI is InChI=1S/C23H25N7S2/c1-13-26-20(11-31-13)17-6-7-18(22-21(17)25-12-32-22)19-10-24-23(29-28-19)30(2)16-8-14-4-3-5-15(9-16)27-14/h6-7,10-12,14-16,27H,3-5,8-9H2,1-2H3/t14-,15-/m0/s1. The van der Waals surface area contributed by atoms with Crippen molar-refractivity contribution >= 4 is 38.8 Å². The lowest BCUT2D eigenvalue weighted by molar-refractivity contribution is 0.218. The molecule has 7 nitrogen and oxygen atoms in total. The zero-order valence-corrected chi connectivity index (χ0v) is 19.8. The highest BCUT2D eigenvalue weighted by atomic mass is 32.1. The van der Waals surface area contributed by atoms with Gasteiger partial charge < -0.3 is 10.2 Å². The number of fused-ring (bicyclic) bond motifs is 3. The van der Waals surface area contributed by atoms with Crippen molar-refractivity contribution in [1.29, 1.82) is 0 Å². The number of benzene rings is 1. The molecule has 0 saturated carbocycles. The van der Waals surface area contributed by atoms with Gasteiger partial charge in [0.25, 0.3) is 0 Å². The van der Waals surface area contributed by atoms with E-state index in [1.807, 2.05) is 18.6 Å². The summed E-state index contributed by atoms with van der Waals surface area (Å²) in [4.78, 5) is 16.2. The van der Waals surface area contributed by atoms with Gasteiger partial charge in [0, 0.05) is 41.7 Å². The van der Waals surface area contributed by atoms with Crippen LogP contribution in [0.1, 0.15) is 37.1 Å². The summed E-state index contributed by atoms with van der Waals surface area (Å²) in [6.45, 7) is 2.02. The van der Waals surface area contributed by atoms with Crippen molar-refractivity contribution in [1.82, 2.24) is 30.5 Å². The van der Waals surface area contributed by atoms with E-state index >= 15 is 0 Å². The zero-order chi connectivity index (χ0) is 21.7. The number of hydrogen-bond donors (Lipinski definition) is 1. The Bertz CT molecular complexity index is 1240. The van der Waals surface area contributed by atoms with Gasteiger partial charge >= 0.3 is 0 Å². The van der Waals surface area contributed by atoms with Crippen LogP contribution in [0.4, 0.5) is 5.95 Å². The number of aryl methyl sites for hydroxylation is 1. The molecule has 9 heteroatoms. The Morgan fingerprint density at radius 3 is 2.53 bits per heavy atom. The normalized spacial score (nSPS) is 22.9. The molecule has 2 aliphatic heterocycles. The smallest absolute Gasteiger partial charge is 0.245 e. The summed E-state index contributed by atoms with van der Waals surface area (Å²) < 4.78 is 1.09. The van der Waals surface area contributed by atoms with Crippen LogP contribution < -0.4 is 10.2 Å². The van der Waals surface area contributed by atoms with Crippen LogP contribution in [0.15, 0.2) is 29.2 Å². The largest absolute Gasteiger partial charge is 0.339 e. The second kappa shape index (κ2) is 8.13. The summed E-state index contributed by atoms with van der Waals surface area (Å²) in [7, 11) is 2.11. The van der Waals surface area contributed by atoms with Crippen LogP contribution in [-0.4, -0.2) is 50.3 Å². The van der Waals surface area contributed by atoms with E-state index < -0.39 is 0 Å². The number of nitrogens with zero attached hydrogens (tertiary/aromatic N) is 6. The lowest BCUT2D eigenvalue weighted by atomic mass is 9.83. The average Bonchev–Trinajstić information content (AvgIpc) is 3.47. The van der Waals surface area contributed by atoms with E-state index in [0.717, 1.165) is 50.6 Å². The zero-order valence-electron chi connectivity index (χ0n) is 18.2. The van der Waals surface area contributed by atoms with E-state index in [0.29, 0.717) is 24.1 Å². The van der Waals surface area contributed by atoms with Gasteiger partial charge in [-0.3, -0.25) is 0 Å². The van der Waals surface area contributed by atoms with Gasteiger partial charge in [0.05, 0.1) is 32.6 Å². The second-order valence-corrected chi connectivity index (χ2v) is 10.7. The first-order valence-corrected chi connectivity index (χ1v) is 12.9. The number of anilines is 1. The van der Waals surface area contributed by atoms with Crippen molar-refractivity contribution < 1.29 is 0 Å². The van der Waals surface area contributed by atoms with Crippen LogP contribution in [0.25, 0.3) is 32.7 Å². The highest BCUT2D eigenvalue weighted by Gasteiger charge is 2.33. The minimum atomic E-state index is 0.466. The summed E-state index contributed by atoms with van der Waals surface area (Å²) in [6.07, 6.45) is 8.05. The van der Waals surface area contributed by atoms with Crippen molar-refractivity contribution in [3.05, 3.63) is 34.2 Å². The number of rotatable bonds is 4. The minimum Gasteiger partial charge on any atom is -0.339 e. The highest BCUT2D eigenvalue weighted by Crippen LogP contribution is 2.37. The van der Waals surface area contributed by atoms with Gasteiger partial charge in [-0.25, -0.2) is 15.0 Å². The Kier molecular flexibility index (Phi) is 5.12. The first-order chi connectivity index (χ1) is 15.7. The molecule has 2 aliphatic rings. The second-order valence-electron chi connectivity index (χ2n) is 8.81. The molecule has 0 unspecified atom stereocenters. The van der Waals surface area contributed by atoms with E-state index in [4.69, 9.17) is 4.98 Å². The molecule has 5 heterocycles. The average molecular weight is 464 g/mol. The third-order valence-electron chi connectivity index (χ3n) is 6.76. The molecule has 2 saturated heterocycles. The molecule has 1 aromatic carbocycles. The van der Waals surface area contributed by atoms with Crippen molar-refractivity contribution in [2.75, 3.05) is 11.9 Å². The summed E-state index contributed by atoms with van der Waals surface area (Å²) in [5, 5.41) is 16.0. The van der Waals surface area contributed by atoms with Gasteiger partial charge in [-0.15, -0.1) is 32.9 Å². The molecule has 164 valence electrons. The van der Waals surface area contributed by atoms with Gasteiger partial charge in [0.15, 0.2) is 0 Å². The first kappa shape index (κ1) is 20.1. The lowest BCUT2D eigenvalue weighted by Gasteiger charge is -2.43. The van der Waals surface area contributed by atoms with Crippen LogP contribution in [0.5, 0.6) is 0 Å². The molecule has 0 aliphatic carbocycles. The number of aromatic nitrogens is 5. The topological polar surface area (TPSA) is 79.7 Å². The molecule has 6 rings (SSSR count). The maximum absolute atomic E-state index is 4.70. The van der Waals surface area contributed by atoms with E-state index in [1.165, 1.54) is 19.3 Å². The van der Waals surface area contributed by atoms with Gasteiger partial charge in [-0.1, -0.05) is 12.5 Å². The molecule has 0 radical (unpaired) electrons. The van der Waals surface area contributed by atoms with E-state index in [2.05, 4.69) is 54.9 Å². The van der Waals surface area contributed by atoms with Crippen molar-refractivity contribution in [3.8, 4) is 22.5 Å². The quantitative estimate of drug-likeness (QED) is 0.470. The van der Waals surface area contributed by atoms with Crippen LogP contribution in [0, 0.1) is 6.92 Å². The van der Waals surface area contributed by atoms with E-state index in [-0.39, 0.29) is 0 Å². The Morgan fingerprint density at radius 2 is 1.81 bits per heavy atom. The maximum Gasteiger partial charge on any atom is 0.245 e. The van der Waals surface area contributed by atoms with Crippen molar-refractivity contribution in [3.63, 3.8) is 0 Å². The monoisotopic (exact) mass is 463 g/mol. The molecule has 2 atom stereocenters.